The molecule has 6 nitrogen and oxygen atoms in total. The highest BCUT2D eigenvalue weighted by molar-refractivity contribution is 7.80. The normalized spacial score (nSPS) is 13.4. The van der Waals surface area contributed by atoms with Crippen molar-refractivity contribution < 1.29 is 31.2 Å². The van der Waals surface area contributed by atoms with Gasteiger partial charge < -0.3 is 19.5 Å². The Hall–Kier alpha value is -3.84. The van der Waals surface area contributed by atoms with Crippen LogP contribution < -0.4 is 20.4 Å². The van der Waals surface area contributed by atoms with Gasteiger partial charge in [0.1, 0.15) is 17.2 Å². The van der Waals surface area contributed by atoms with Crippen LogP contribution in [0.2, 0.25) is 15.1 Å². The molecule has 4 aromatic rings. The van der Waals surface area contributed by atoms with Crippen molar-refractivity contribution in [1.29, 1.82) is 0 Å². The van der Waals surface area contributed by atoms with E-state index in [-0.39, 0.29) is 31.3 Å². The lowest BCUT2D eigenvalue weighted by atomic mass is 10.2. The van der Waals surface area contributed by atoms with Crippen molar-refractivity contribution in [1.82, 2.24) is 5.32 Å². The first-order valence-electron chi connectivity index (χ1n) is 13.1. The lowest BCUT2D eigenvalue weighted by molar-refractivity contribution is -0.115. The van der Waals surface area contributed by atoms with E-state index in [1.165, 1.54) is 12.2 Å². The van der Waals surface area contributed by atoms with Crippen LogP contribution in [0.15, 0.2) is 59.0 Å². The van der Waals surface area contributed by atoms with Crippen LogP contribution in [0.3, 0.4) is 0 Å². The topological polar surface area (TPSA) is 60.8 Å². The minimum absolute atomic E-state index is 0.00394. The fourth-order valence-electron chi connectivity index (χ4n) is 4.64. The Bertz CT molecular complexity index is 1800. The van der Waals surface area contributed by atoms with E-state index in [0.29, 0.717) is 43.5 Å². The molecule has 3 aromatic carbocycles. The Morgan fingerprint density at radius 3 is 2.13 bits per heavy atom. The Labute approximate surface area is 273 Å². The number of thiocarbonyl (C=S) groups is 1. The number of halogens is 8. The fraction of sp³-hybridized carbons (Fsp3) is 0.133. The minimum Gasteiger partial charge on any atom is -0.457 e. The Kier molecular flexibility index (Phi) is 9.88. The summed E-state index contributed by atoms with van der Waals surface area (Å²) in [5, 5.41) is 6.39. The number of rotatable bonds is 6. The van der Waals surface area contributed by atoms with Crippen LogP contribution in [0.5, 0.6) is 0 Å². The van der Waals surface area contributed by atoms with Gasteiger partial charge in [-0.3, -0.25) is 10.1 Å². The van der Waals surface area contributed by atoms with Crippen molar-refractivity contribution in [3.63, 3.8) is 0 Å². The van der Waals surface area contributed by atoms with E-state index in [0.717, 1.165) is 4.90 Å². The maximum absolute atomic E-state index is 14.2. The van der Waals surface area contributed by atoms with Crippen molar-refractivity contribution >= 4 is 81.2 Å². The molecule has 1 aliphatic heterocycles. The number of furan rings is 1. The molecule has 1 aromatic heterocycles. The van der Waals surface area contributed by atoms with Crippen molar-refractivity contribution in [3.05, 3.63) is 105 Å². The number of nitrogens with zero attached hydrogens (tertiary/aromatic N) is 2. The molecule has 1 amide bonds. The van der Waals surface area contributed by atoms with Crippen LogP contribution in [0.4, 0.5) is 39.0 Å². The van der Waals surface area contributed by atoms with Gasteiger partial charge in [-0.2, -0.15) is 0 Å². The molecule has 1 saturated heterocycles. The van der Waals surface area contributed by atoms with Gasteiger partial charge in [-0.05, 0) is 60.8 Å². The highest BCUT2D eigenvalue weighted by atomic mass is 35.5. The van der Waals surface area contributed by atoms with Crippen LogP contribution in [-0.2, 0) is 4.79 Å². The monoisotopic (exact) mass is 700 g/mol. The van der Waals surface area contributed by atoms with Crippen molar-refractivity contribution in [2.24, 2.45) is 0 Å². The number of carbonyl (C=O) groups is 1. The van der Waals surface area contributed by atoms with E-state index in [4.69, 9.17) is 51.4 Å². The van der Waals surface area contributed by atoms with Crippen LogP contribution in [0.25, 0.3) is 17.4 Å². The molecule has 234 valence electrons. The van der Waals surface area contributed by atoms with Gasteiger partial charge in [-0.25, -0.2) is 22.0 Å². The molecule has 0 unspecified atom stereocenters. The summed E-state index contributed by atoms with van der Waals surface area (Å²) in [6.45, 7) is 0.337. The number of hydrogen-bond donors (Lipinski definition) is 2. The molecular weight excluding hydrogens is 682 g/mol. The predicted molar refractivity (Wildman–Crippen MR) is 170 cm³/mol. The maximum Gasteiger partial charge on any atom is 0.250 e. The third-order valence-electron chi connectivity index (χ3n) is 6.81. The second kappa shape index (κ2) is 13.7. The standard InChI is InChI=1S/C30H20Cl3F5N4O2S/c31-18-3-1-2-17(23(18)33)21-8-5-16(44-21)6-9-22(43)40-30(45)39-15-4-7-20(19(32)14-15)41-10-12-42(13-11-41)29-27(37)25(35)24(34)26(36)28(29)38/h1-9,14H,10-13H2,(H2,39,40,43,45). The number of amides is 1. The zero-order valence-corrected chi connectivity index (χ0v) is 25.8. The first-order valence-corrected chi connectivity index (χ1v) is 14.6. The molecule has 1 aliphatic rings. The van der Waals surface area contributed by atoms with E-state index < -0.39 is 40.7 Å². The zero-order valence-electron chi connectivity index (χ0n) is 22.7. The summed E-state index contributed by atoms with van der Waals surface area (Å²) in [5.74, 6) is -9.59. The van der Waals surface area contributed by atoms with E-state index in [9.17, 15) is 26.7 Å². The molecule has 0 atom stereocenters. The number of carbonyl (C=O) groups excluding carboxylic acids is 1. The van der Waals surface area contributed by atoms with Gasteiger partial charge in [-0.15, -0.1) is 0 Å². The van der Waals surface area contributed by atoms with Gasteiger partial charge in [0.2, 0.25) is 11.7 Å². The van der Waals surface area contributed by atoms with Gasteiger partial charge in [0.05, 0.1) is 20.8 Å². The Balaban J connectivity index is 1.15. The molecule has 1 fully saturated rings. The van der Waals surface area contributed by atoms with E-state index in [1.807, 2.05) is 0 Å². The number of piperazine rings is 1. The predicted octanol–water partition coefficient (Wildman–Crippen LogP) is 8.46. The number of hydrogen-bond acceptors (Lipinski definition) is 5. The average Bonchev–Trinajstić information content (AvgIpc) is 3.49. The number of nitrogens with one attached hydrogen (secondary N) is 2. The molecule has 5 rings (SSSR count). The molecule has 0 radical (unpaired) electrons. The summed E-state index contributed by atoms with van der Waals surface area (Å²) in [6, 6.07) is 13.4. The van der Waals surface area contributed by atoms with Gasteiger partial charge in [0.15, 0.2) is 28.4 Å². The highest BCUT2D eigenvalue weighted by Crippen LogP contribution is 2.35. The van der Waals surface area contributed by atoms with Crippen LogP contribution in [0.1, 0.15) is 5.76 Å². The molecule has 0 saturated carbocycles. The third-order valence-corrected chi connectivity index (χ3v) is 8.13. The van der Waals surface area contributed by atoms with Crippen molar-refractivity contribution in [3.8, 4) is 11.3 Å². The van der Waals surface area contributed by atoms with Gasteiger partial charge in [-0.1, -0.05) is 40.9 Å². The van der Waals surface area contributed by atoms with Crippen LogP contribution >= 0.6 is 47.0 Å². The van der Waals surface area contributed by atoms with E-state index in [2.05, 4.69) is 10.6 Å². The smallest absolute Gasteiger partial charge is 0.250 e. The Morgan fingerprint density at radius 2 is 1.47 bits per heavy atom. The minimum atomic E-state index is -2.20. The summed E-state index contributed by atoms with van der Waals surface area (Å²) in [7, 11) is 0. The SMILES string of the molecule is O=C(C=Cc1ccc(-c2cccc(Cl)c2Cl)o1)NC(=S)Nc1ccc(N2CCN(c3c(F)c(F)c(F)c(F)c3F)CC2)c(Cl)c1. The van der Waals surface area contributed by atoms with Crippen molar-refractivity contribution in [2.45, 2.75) is 0 Å². The van der Waals surface area contributed by atoms with Crippen molar-refractivity contribution in [2.75, 3.05) is 41.3 Å². The van der Waals surface area contributed by atoms with E-state index >= 15 is 0 Å². The first-order chi connectivity index (χ1) is 21.4. The molecule has 0 aliphatic carbocycles. The third kappa shape index (κ3) is 7.04. The quantitative estimate of drug-likeness (QED) is 0.0692. The summed E-state index contributed by atoms with van der Waals surface area (Å²) in [6.07, 6.45) is 2.69. The van der Waals surface area contributed by atoms with Gasteiger partial charge in [0.25, 0.3) is 0 Å². The second-order valence-corrected chi connectivity index (χ2v) is 11.2. The summed E-state index contributed by atoms with van der Waals surface area (Å²) in [5.41, 5.74) is 0.689. The number of benzene rings is 3. The van der Waals surface area contributed by atoms with Crippen LogP contribution in [0, 0.1) is 29.1 Å². The first kappa shape index (κ1) is 32.6. The molecular formula is C30H20Cl3F5N4O2S. The average molecular weight is 702 g/mol. The lowest BCUT2D eigenvalue weighted by Crippen LogP contribution is -2.47. The van der Waals surface area contributed by atoms with Gasteiger partial charge in [0, 0.05) is 43.5 Å². The largest absolute Gasteiger partial charge is 0.457 e. The Morgan fingerprint density at radius 1 is 0.822 bits per heavy atom. The molecule has 0 bridgehead atoms. The molecule has 2 heterocycles. The van der Waals surface area contributed by atoms with Gasteiger partial charge >= 0.3 is 0 Å². The maximum atomic E-state index is 14.2. The van der Waals surface area contributed by atoms with Crippen LogP contribution in [-0.4, -0.2) is 37.2 Å². The fourth-order valence-corrected chi connectivity index (χ4v) is 5.55. The summed E-state index contributed by atoms with van der Waals surface area (Å²) >= 11 is 24.0. The summed E-state index contributed by atoms with van der Waals surface area (Å²) in [4.78, 5) is 15.3. The lowest BCUT2D eigenvalue weighted by Gasteiger charge is -2.38. The molecule has 0 spiro atoms. The zero-order chi connectivity index (χ0) is 32.4. The molecule has 45 heavy (non-hydrogen) atoms. The molecule has 15 heteroatoms. The highest BCUT2D eigenvalue weighted by Gasteiger charge is 2.31. The van der Waals surface area contributed by atoms with E-state index in [1.54, 1.807) is 53.4 Å². The molecule has 2 N–H and O–H groups in total. The second-order valence-electron chi connectivity index (χ2n) is 9.64. The number of anilines is 3. The summed E-state index contributed by atoms with van der Waals surface area (Å²) < 4.78 is 75.0.